The van der Waals surface area contributed by atoms with Crippen LogP contribution in [0.1, 0.15) is 34.1 Å². The maximum atomic E-state index is 3.63. The summed E-state index contributed by atoms with van der Waals surface area (Å²) in [6.45, 7) is 12.3. The van der Waals surface area contributed by atoms with Gasteiger partial charge >= 0.3 is 0 Å². The van der Waals surface area contributed by atoms with E-state index in [0.29, 0.717) is 0 Å². The topological polar surface area (TPSA) is 12.0 Å². The molecule has 1 saturated heterocycles. The molecule has 1 heterocycles. The zero-order chi connectivity index (χ0) is 10.3. The number of fused-ring (bicyclic) bond motifs is 2. The van der Waals surface area contributed by atoms with Crippen LogP contribution < -0.4 is 5.32 Å². The first-order chi connectivity index (χ1) is 6.61. The molecule has 0 aromatic carbocycles. The summed E-state index contributed by atoms with van der Waals surface area (Å²) in [5.41, 5.74) is 0. The summed E-state index contributed by atoms with van der Waals surface area (Å²) in [6.07, 6.45) is 1.46. The molecule has 1 heteroatoms. The van der Waals surface area contributed by atoms with Crippen LogP contribution in [0.4, 0.5) is 0 Å². The fourth-order valence-corrected chi connectivity index (χ4v) is 4.09. The van der Waals surface area contributed by atoms with Gasteiger partial charge in [-0.2, -0.15) is 0 Å². The molecular weight excluding hydrogens is 170 g/mol. The summed E-state index contributed by atoms with van der Waals surface area (Å²) in [5, 5.41) is 3.63. The highest BCUT2D eigenvalue weighted by molar-refractivity contribution is 4.95. The summed E-state index contributed by atoms with van der Waals surface area (Å²) in [7, 11) is 0. The lowest BCUT2D eigenvalue weighted by Gasteiger charge is -2.51. The van der Waals surface area contributed by atoms with Gasteiger partial charge in [0.15, 0.2) is 0 Å². The molecule has 1 aliphatic carbocycles. The highest BCUT2D eigenvalue weighted by Crippen LogP contribution is 2.46. The van der Waals surface area contributed by atoms with Crippen LogP contribution in [-0.2, 0) is 0 Å². The van der Waals surface area contributed by atoms with Crippen molar-refractivity contribution in [2.24, 2.45) is 35.5 Å². The van der Waals surface area contributed by atoms with E-state index in [1.165, 1.54) is 19.5 Å². The van der Waals surface area contributed by atoms with Gasteiger partial charge in [0.25, 0.3) is 0 Å². The van der Waals surface area contributed by atoms with Gasteiger partial charge in [-0.1, -0.05) is 27.7 Å². The fraction of sp³-hybridized carbons (Fsp3) is 1.00. The number of hydrogen-bond acceptors (Lipinski definition) is 1. The summed E-state index contributed by atoms with van der Waals surface area (Å²) in [4.78, 5) is 0. The zero-order valence-electron chi connectivity index (χ0n) is 10.1. The van der Waals surface area contributed by atoms with Gasteiger partial charge in [-0.15, -0.1) is 0 Å². The van der Waals surface area contributed by atoms with E-state index < -0.39 is 0 Å². The molecule has 0 spiro atoms. The second-order valence-electron chi connectivity index (χ2n) is 6.00. The van der Waals surface area contributed by atoms with Crippen LogP contribution in [0.15, 0.2) is 0 Å². The molecule has 2 rings (SSSR count). The van der Waals surface area contributed by atoms with Gasteiger partial charge in [-0.05, 0) is 55.0 Å². The third-order valence-corrected chi connectivity index (χ3v) is 4.72. The van der Waals surface area contributed by atoms with Crippen molar-refractivity contribution >= 4 is 0 Å². The summed E-state index contributed by atoms with van der Waals surface area (Å²) >= 11 is 0. The van der Waals surface area contributed by atoms with Crippen molar-refractivity contribution in [3.8, 4) is 0 Å². The number of piperidine rings is 1. The SMILES string of the molecule is CC(C)C1C2CNCC1C(C)CC2C. The van der Waals surface area contributed by atoms with Gasteiger partial charge in [0.05, 0.1) is 0 Å². The highest BCUT2D eigenvalue weighted by atomic mass is 14.9. The minimum Gasteiger partial charge on any atom is -0.316 e. The van der Waals surface area contributed by atoms with Crippen molar-refractivity contribution < 1.29 is 0 Å². The first kappa shape index (κ1) is 10.5. The van der Waals surface area contributed by atoms with Crippen molar-refractivity contribution in [1.29, 1.82) is 0 Å². The van der Waals surface area contributed by atoms with Crippen molar-refractivity contribution in [2.75, 3.05) is 13.1 Å². The molecule has 2 fully saturated rings. The first-order valence-electron chi connectivity index (χ1n) is 6.32. The molecule has 0 aromatic rings. The van der Waals surface area contributed by atoms with Gasteiger partial charge < -0.3 is 5.32 Å². The Hall–Kier alpha value is -0.0400. The minimum atomic E-state index is 0.872. The lowest BCUT2D eigenvalue weighted by molar-refractivity contribution is -0.00495. The van der Waals surface area contributed by atoms with Crippen LogP contribution >= 0.6 is 0 Å². The largest absolute Gasteiger partial charge is 0.316 e. The Morgan fingerprint density at radius 2 is 1.50 bits per heavy atom. The lowest BCUT2D eigenvalue weighted by atomic mass is 9.58. The first-order valence-corrected chi connectivity index (χ1v) is 6.32. The fourth-order valence-electron chi connectivity index (χ4n) is 4.09. The standard InChI is InChI=1S/C13H25N/c1-8(2)13-11-6-14-7-12(13)10(4)5-9(11)3/h8-14H,5-7H2,1-4H3. The molecule has 4 atom stereocenters. The molecule has 0 amide bonds. The average Bonchev–Trinajstić information content (AvgIpc) is 2.14. The second-order valence-corrected chi connectivity index (χ2v) is 6.00. The Morgan fingerprint density at radius 3 is 1.93 bits per heavy atom. The van der Waals surface area contributed by atoms with E-state index in [2.05, 4.69) is 33.0 Å². The molecular formula is C13H25N. The van der Waals surface area contributed by atoms with Crippen LogP contribution in [0.5, 0.6) is 0 Å². The van der Waals surface area contributed by atoms with E-state index in [1.807, 2.05) is 0 Å². The molecule has 14 heavy (non-hydrogen) atoms. The zero-order valence-corrected chi connectivity index (χ0v) is 10.1. The molecule has 0 radical (unpaired) electrons. The maximum absolute atomic E-state index is 3.63. The molecule has 2 bridgehead atoms. The van der Waals surface area contributed by atoms with Gasteiger partial charge in [0.1, 0.15) is 0 Å². The minimum absolute atomic E-state index is 0.872. The van der Waals surface area contributed by atoms with Crippen LogP contribution in [0.3, 0.4) is 0 Å². The van der Waals surface area contributed by atoms with E-state index in [9.17, 15) is 0 Å². The molecule has 0 aromatic heterocycles. The summed E-state index contributed by atoms with van der Waals surface area (Å²) in [5.74, 6) is 5.62. The summed E-state index contributed by atoms with van der Waals surface area (Å²) < 4.78 is 0. The monoisotopic (exact) mass is 195 g/mol. The van der Waals surface area contributed by atoms with Gasteiger partial charge in [-0.25, -0.2) is 0 Å². The van der Waals surface area contributed by atoms with E-state index in [-0.39, 0.29) is 0 Å². The molecule has 1 saturated carbocycles. The molecule has 1 aliphatic heterocycles. The van der Waals surface area contributed by atoms with Crippen LogP contribution in [0, 0.1) is 35.5 Å². The lowest BCUT2D eigenvalue weighted by Crippen LogP contribution is -2.53. The highest BCUT2D eigenvalue weighted by Gasteiger charge is 2.44. The smallest absolute Gasteiger partial charge is 0.00150 e. The van der Waals surface area contributed by atoms with Crippen molar-refractivity contribution in [3.63, 3.8) is 0 Å². The third-order valence-electron chi connectivity index (χ3n) is 4.72. The van der Waals surface area contributed by atoms with E-state index in [0.717, 1.165) is 35.5 Å². The molecule has 4 unspecified atom stereocenters. The number of rotatable bonds is 1. The normalized spacial score (nSPS) is 48.2. The molecule has 82 valence electrons. The van der Waals surface area contributed by atoms with Gasteiger partial charge in [-0.3, -0.25) is 0 Å². The quantitative estimate of drug-likeness (QED) is 0.678. The summed E-state index contributed by atoms with van der Waals surface area (Å²) in [6, 6.07) is 0. The Balaban J connectivity index is 2.20. The van der Waals surface area contributed by atoms with Crippen LogP contribution in [-0.4, -0.2) is 13.1 Å². The maximum Gasteiger partial charge on any atom is -0.00150 e. The number of hydrogen-bond donors (Lipinski definition) is 1. The number of nitrogens with one attached hydrogen (secondary N) is 1. The second kappa shape index (κ2) is 3.84. The Kier molecular flexibility index (Phi) is 2.88. The Labute approximate surface area is 88.7 Å². The van der Waals surface area contributed by atoms with Crippen molar-refractivity contribution in [2.45, 2.75) is 34.1 Å². The van der Waals surface area contributed by atoms with Crippen molar-refractivity contribution in [3.05, 3.63) is 0 Å². The van der Waals surface area contributed by atoms with E-state index >= 15 is 0 Å². The van der Waals surface area contributed by atoms with E-state index in [1.54, 1.807) is 0 Å². The predicted octanol–water partition coefficient (Wildman–Crippen LogP) is 2.77. The average molecular weight is 195 g/mol. The Bertz CT molecular complexity index is 183. The third kappa shape index (κ3) is 1.60. The molecule has 2 aliphatic rings. The van der Waals surface area contributed by atoms with Crippen LogP contribution in [0.25, 0.3) is 0 Å². The van der Waals surface area contributed by atoms with Crippen molar-refractivity contribution in [1.82, 2.24) is 5.32 Å². The molecule has 1 nitrogen and oxygen atoms in total. The van der Waals surface area contributed by atoms with Gasteiger partial charge in [0.2, 0.25) is 0 Å². The van der Waals surface area contributed by atoms with Gasteiger partial charge in [0, 0.05) is 0 Å². The van der Waals surface area contributed by atoms with Crippen LogP contribution in [0.2, 0.25) is 0 Å². The predicted molar refractivity (Wildman–Crippen MR) is 61.1 cm³/mol. The van der Waals surface area contributed by atoms with E-state index in [4.69, 9.17) is 0 Å². The molecule has 1 N–H and O–H groups in total. The Morgan fingerprint density at radius 1 is 1.00 bits per heavy atom.